The van der Waals surface area contributed by atoms with Crippen molar-refractivity contribution in [2.45, 2.75) is 19.9 Å². The van der Waals surface area contributed by atoms with Gasteiger partial charge in [-0.3, -0.25) is 9.59 Å². The second kappa shape index (κ2) is 8.80. The Morgan fingerprint density at radius 2 is 1.75 bits per heavy atom. The highest BCUT2D eigenvalue weighted by atomic mass is 32.1. The smallest absolute Gasteiger partial charge is 0.264 e. The van der Waals surface area contributed by atoms with E-state index in [9.17, 15) is 14.0 Å². The summed E-state index contributed by atoms with van der Waals surface area (Å²) in [6.45, 7) is 2.58. The van der Waals surface area contributed by atoms with Gasteiger partial charge in [0.1, 0.15) is 5.82 Å². The molecule has 0 bridgehead atoms. The molecule has 0 atom stereocenters. The SMILES string of the molecule is Cc1cc(C(=O)N(CCC(N)=O)Cc2ccccc2)sc1-c1ccc(F)cc1. The highest BCUT2D eigenvalue weighted by Gasteiger charge is 2.20. The van der Waals surface area contributed by atoms with Gasteiger partial charge in [-0.15, -0.1) is 11.3 Å². The van der Waals surface area contributed by atoms with E-state index in [2.05, 4.69) is 0 Å². The van der Waals surface area contributed by atoms with E-state index in [0.29, 0.717) is 11.4 Å². The second-order valence-electron chi connectivity index (χ2n) is 6.56. The van der Waals surface area contributed by atoms with Crippen LogP contribution < -0.4 is 5.73 Å². The third-order valence-electron chi connectivity index (χ3n) is 4.37. The molecule has 144 valence electrons. The normalized spacial score (nSPS) is 10.6. The van der Waals surface area contributed by atoms with Gasteiger partial charge in [-0.25, -0.2) is 4.39 Å². The third kappa shape index (κ3) is 4.84. The van der Waals surface area contributed by atoms with Gasteiger partial charge in [-0.1, -0.05) is 42.5 Å². The molecule has 3 rings (SSSR count). The van der Waals surface area contributed by atoms with Gasteiger partial charge in [0.15, 0.2) is 0 Å². The van der Waals surface area contributed by atoms with Crippen LogP contribution in [0, 0.1) is 12.7 Å². The first-order chi connectivity index (χ1) is 13.4. The number of thiophene rings is 1. The third-order valence-corrected chi connectivity index (χ3v) is 5.64. The molecule has 0 saturated heterocycles. The van der Waals surface area contributed by atoms with E-state index in [1.54, 1.807) is 17.0 Å². The molecule has 2 N–H and O–H groups in total. The fourth-order valence-electron chi connectivity index (χ4n) is 2.93. The molecule has 4 nitrogen and oxygen atoms in total. The molecule has 0 spiro atoms. The van der Waals surface area contributed by atoms with Crippen molar-refractivity contribution >= 4 is 23.2 Å². The standard InChI is InChI=1S/C22H21FN2O2S/c1-15-13-19(28-21(15)17-7-9-18(23)10-8-17)22(27)25(12-11-20(24)26)14-16-5-3-2-4-6-16/h2-10,13H,11-12,14H2,1H3,(H2,24,26). The first-order valence-electron chi connectivity index (χ1n) is 8.92. The van der Waals surface area contributed by atoms with Crippen LogP contribution in [0.1, 0.15) is 27.2 Å². The van der Waals surface area contributed by atoms with E-state index in [-0.39, 0.29) is 24.7 Å². The lowest BCUT2D eigenvalue weighted by atomic mass is 10.1. The van der Waals surface area contributed by atoms with Crippen molar-refractivity contribution in [2.24, 2.45) is 5.73 Å². The summed E-state index contributed by atoms with van der Waals surface area (Å²) in [7, 11) is 0. The Morgan fingerprint density at radius 1 is 1.07 bits per heavy atom. The predicted octanol–water partition coefficient (Wildman–Crippen LogP) is 4.38. The number of benzene rings is 2. The van der Waals surface area contributed by atoms with Crippen molar-refractivity contribution in [3.05, 3.63) is 82.5 Å². The summed E-state index contributed by atoms with van der Waals surface area (Å²) in [6, 6.07) is 17.7. The Labute approximate surface area is 167 Å². The average molecular weight is 396 g/mol. The van der Waals surface area contributed by atoms with E-state index in [1.165, 1.54) is 23.5 Å². The van der Waals surface area contributed by atoms with E-state index in [1.807, 2.05) is 43.3 Å². The molecule has 0 fully saturated rings. The van der Waals surface area contributed by atoms with Gasteiger partial charge in [0, 0.05) is 24.4 Å². The van der Waals surface area contributed by atoms with Gasteiger partial charge in [0.25, 0.3) is 5.91 Å². The van der Waals surface area contributed by atoms with Gasteiger partial charge < -0.3 is 10.6 Å². The minimum absolute atomic E-state index is 0.105. The summed E-state index contributed by atoms with van der Waals surface area (Å²) in [4.78, 5) is 27.5. The molecule has 0 unspecified atom stereocenters. The lowest BCUT2D eigenvalue weighted by Crippen LogP contribution is -2.33. The van der Waals surface area contributed by atoms with Crippen molar-refractivity contribution in [3.8, 4) is 10.4 Å². The number of nitrogens with zero attached hydrogens (tertiary/aromatic N) is 1. The number of carbonyl (C=O) groups is 2. The summed E-state index contributed by atoms with van der Waals surface area (Å²) in [5, 5.41) is 0. The average Bonchev–Trinajstić information content (AvgIpc) is 3.07. The van der Waals surface area contributed by atoms with Crippen molar-refractivity contribution in [3.63, 3.8) is 0 Å². The van der Waals surface area contributed by atoms with E-state index < -0.39 is 5.91 Å². The molecule has 28 heavy (non-hydrogen) atoms. The van der Waals surface area contributed by atoms with Crippen LogP contribution in [0.25, 0.3) is 10.4 Å². The molecule has 1 aromatic heterocycles. The number of primary amides is 1. The van der Waals surface area contributed by atoms with E-state index in [0.717, 1.165) is 21.6 Å². The molecule has 0 aliphatic heterocycles. The molecule has 6 heteroatoms. The molecule has 1 heterocycles. The minimum Gasteiger partial charge on any atom is -0.370 e. The van der Waals surface area contributed by atoms with E-state index in [4.69, 9.17) is 5.73 Å². The Hall–Kier alpha value is -2.99. The Balaban J connectivity index is 1.86. The maximum absolute atomic E-state index is 13.2. The molecular formula is C22H21FN2O2S. The predicted molar refractivity (Wildman–Crippen MR) is 109 cm³/mol. The molecule has 0 radical (unpaired) electrons. The first kappa shape index (κ1) is 19.8. The molecule has 0 saturated carbocycles. The summed E-state index contributed by atoms with van der Waals surface area (Å²) in [6.07, 6.45) is 0.105. The van der Waals surface area contributed by atoms with E-state index >= 15 is 0 Å². The Bertz CT molecular complexity index is 968. The van der Waals surface area contributed by atoms with Gasteiger partial charge >= 0.3 is 0 Å². The molecule has 0 aliphatic carbocycles. The van der Waals surface area contributed by atoms with Crippen molar-refractivity contribution in [1.82, 2.24) is 4.90 Å². The number of aryl methyl sites for hydroxylation is 1. The zero-order chi connectivity index (χ0) is 20.1. The Morgan fingerprint density at radius 3 is 2.39 bits per heavy atom. The molecule has 2 amide bonds. The monoisotopic (exact) mass is 396 g/mol. The summed E-state index contributed by atoms with van der Waals surface area (Å²) < 4.78 is 13.2. The first-order valence-corrected chi connectivity index (χ1v) is 9.73. The van der Waals surface area contributed by atoms with Crippen molar-refractivity contribution in [1.29, 1.82) is 0 Å². The van der Waals surface area contributed by atoms with Crippen LogP contribution >= 0.6 is 11.3 Å². The Kier molecular flexibility index (Phi) is 6.21. The molecular weight excluding hydrogens is 375 g/mol. The van der Waals surface area contributed by atoms with Gasteiger partial charge in [0.2, 0.25) is 5.91 Å². The lowest BCUT2D eigenvalue weighted by molar-refractivity contribution is -0.118. The van der Waals surface area contributed by atoms with Crippen LogP contribution in [-0.2, 0) is 11.3 Å². The zero-order valence-electron chi connectivity index (χ0n) is 15.5. The molecule has 3 aromatic rings. The maximum atomic E-state index is 13.2. The van der Waals surface area contributed by atoms with Crippen LogP contribution in [-0.4, -0.2) is 23.3 Å². The highest BCUT2D eigenvalue weighted by molar-refractivity contribution is 7.17. The van der Waals surface area contributed by atoms with Crippen LogP contribution in [0.5, 0.6) is 0 Å². The van der Waals surface area contributed by atoms with Crippen LogP contribution in [0.4, 0.5) is 4.39 Å². The molecule has 2 aromatic carbocycles. The lowest BCUT2D eigenvalue weighted by Gasteiger charge is -2.21. The van der Waals surface area contributed by atoms with Gasteiger partial charge in [0.05, 0.1) is 4.88 Å². The van der Waals surface area contributed by atoms with Gasteiger partial charge in [-0.2, -0.15) is 0 Å². The second-order valence-corrected chi connectivity index (χ2v) is 7.61. The largest absolute Gasteiger partial charge is 0.370 e. The van der Waals surface area contributed by atoms with Crippen LogP contribution in [0.15, 0.2) is 60.7 Å². The number of carbonyl (C=O) groups excluding carboxylic acids is 2. The summed E-state index contributed by atoms with van der Waals surface area (Å²) in [5.74, 6) is -0.887. The molecule has 0 aliphatic rings. The van der Waals surface area contributed by atoms with Crippen LogP contribution in [0.3, 0.4) is 0 Å². The quantitative estimate of drug-likeness (QED) is 0.644. The number of rotatable bonds is 7. The zero-order valence-corrected chi connectivity index (χ0v) is 16.3. The number of nitrogens with two attached hydrogens (primary N) is 1. The fourth-order valence-corrected chi connectivity index (χ4v) is 4.08. The summed E-state index contributed by atoms with van der Waals surface area (Å²) >= 11 is 1.37. The number of halogens is 1. The van der Waals surface area contributed by atoms with Crippen molar-refractivity contribution < 1.29 is 14.0 Å². The summed E-state index contributed by atoms with van der Waals surface area (Å²) in [5.41, 5.74) is 8.09. The number of hydrogen-bond acceptors (Lipinski definition) is 3. The van der Waals surface area contributed by atoms with Gasteiger partial charge in [-0.05, 0) is 41.8 Å². The number of amides is 2. The highest BCUT2D eigenvalue weighted by Crippen LogP contribution is 2.33. The fraction of sp³-hybridized carbons (Fsp3) is 0.182. The maximum Gasteiger partial charge on any atom is 0.264 e. The van der Waals surface area contributed by atoms with Crippen molar-refractivity contribution in [2.75, 3.05) is 6.54 Å². The van der Waals surface area contributed by atoms with Crippen LogP contribution in [0.2, 0.25) is 0 Å². The number of hydrogen-bond donors (Lipinski definition) is 1. The topological polar surface area (TPSA) is 63.4 Å². The minimum atomic E-state index is -0.444.